The zero-order valence-corrected chi connectivity index (χ0v) is 11.7. The van der Waals surface area contributed by atoms with Crippen LogP contribution in [0.1, 0.15) is 25.6 Å². The van der Waals surface area contributed by atoms with Gasteiger partial charge in [0.1, 0.15) is 18.1 Å². The Morgan fingerprint density at radius 1 is 1.10 bits per heavy atom. The molecule has 0 atom stereocenters. The Bertz CT molecular complexity index is 718. The molecule has 0 aliphatic carbocycles. The van der Waals surface area contributed by atoms with Crippen LogP contribution < -0.4 is 4.74 Å². The molecule has 0 aliphatic heterocycles. The molecule has 0 saturated carbocycles. The predicted octanol–water partition coefficient (Wildman–Crippen LogP) is 3.59. The minimum Gasteiger partial charge on any atom is -0.487 e. The van der Waals surface area contributed by atoms with Crippen molar-refractivity contribution in [1.29, 1.82) is 0 Å². The van der Waals surface area contributed by atoms with Gasteiger partial charge in [0, 0.05) is 6.04 Å². The van der Waals surface area contributed by atoms with Crippen molar-refractivity contribution >= 4 is 10.8 Å². The number of nitrogens with zero attached hydrogens (tertiary/aromatic N) is 3. The Kier molecular flexibility index (Phi) is 3.37. The van der Waals surface area contributed by atoms with Gasteiger partial charge >= 0.3 is 0 Å². The van der Waals surface area contributed by atoms with Crippen LogP contribution in [0.15, 0.2) is 48.7 Å². The third-order valence-electron chi connectivity index (χ3n) is 3.19. The monoisotopic (exact) mass is 267 g/mol. The number of hydrogen-bond donors (Lipinski definition) is 0. The number of rotatable bonds is 4. The van der Waals surface area contributed by atoms with Gasteiger partial charge in [-0.25, -0.2) is 4.68 Å². The molecule has 20 heavy (non-hydrogen) atoms. The molecule has 3 rings (SSSR count). The smallest absolute Gasteiger partial charge is 0.134 e. The minimum absolute atomic E-state index is 0.317. The number of fused-ring (bicyclic) bond motifs is 1. The fourth-order valence-electron chi connectivity index (χ4n) is 2.05. The first kappa shape index (κ1) is 12.7. The van der Waals surface area contributed by atoms with E-state index in [2.05, 4.69) is 42.4 Å². The molecule has 0 amide bonds. The Hall–Kier alpha value is -2.36. The number of ether oxygens (including phenoxy) is 1. The van der Waals surface area contributed by atoms with Crippen LogP contribution >= 0.6 is 0 Å². The van der Waals surface area contributed by atoms with Crippen LogP contribution in [0, 0.1) is 0 Å². The molecule has 0 N–H and O–H groups in total. The van der Waals surface area contributed by atoms with Crippen molar-refractivity contribution in [2.24, 2.45) is 0 Å². The van der Waals surface area contributed by atoms with Gasteiger partial charge < -0.3 is 4.74 Å². The van der Waals surface area contributed by atoms with Crippen LogP contribution in [0.5, 0.6) is 5.75 Å². The van der Waals surface area contributed by atoms with Gasteiger partial charge in [-0.3, -0.25) is 0 Å². The van der Waals surface area contributed by atoms with Crippen molar-refractivity contribution in [3.8, 4) is 5.75 Å². The van der Waals surface area contributed by atoms with Crippen molar-refractivity contribution in [1.82, 2.24) is 15.0 Å². The van der Waals surface area contributed by atoms with Gasteiger partial charge in [-0.05, 0) is 36.8 Å². The quantitative estimate of drug-likeness (QED) is 0.725. The SMILES string of the molecule is CC(C)n1cc(COc2ccc3ccccc3c2)nn1. The highest BCUT2D eigenvalue weighted by Gasteiger charge is 2.04. The van der Waals surface area contributed by atoms with Crippen molar-refractivity contribution in [2.45, 2.75) is 26.5 Å². The van der Waals surface area contributed by atoms with E-state index in [-0.39, 0.29) is 0 Å². The highest BCUT2D eigenvalue weighted by molar-refractivity contribution is 5.83. The molecule has 0 radical (unpaired) electrons. The highest BCUT2D eigenvalue weighted by atomic mass is 16.5. The summed E-state index contributed by atoms with van der Waals surface area (Å²) in [6.07, 6.45) is 1.92. The van der Waals surface area contributed by atoms with Gasteiger partial charge in [-0.2, -0.15) is 0 Å². The van der Waals surface area contributed by atoms with E-state index in [0.717, 1.165) is 11.4 Å². The van der Waals surface area contributed by atoms with Crippen molar-refractivity contribution in [3.63, 3.8) is 0 Å². The van der Waals surface area contributed by atoms with Gasteiger partial charge in [0.25, 0.3) is 0 Å². The molecule has 3 aromatic rings. The van der Waals surface area contributed by atoms with E-state index in [9.17, 15) is 0 Å². The molecule has 0 saturated heterocycles. The molecule has 0 aliphatic rings. The van der Waals surface area contributed by atoms with Gasteiger partial charge in [0.15, 0.2) is 0 Å². The lowest BCUT2D eigenvalue weighted by Crippen LogP contribution is -2.00. The third-order valence-corrected chi connectivity index (χ3v) is 3.19. The van der Waals surface area contributed by atoms with Crippen LogP contribution in [-0.4, -0.2) is 15.0 Å². The zero-order valence-electron chi connectivity index (χ0n) is 11.7. The summed E-state index contributed by atoms with van der Waals surface area (Å²) in [5, 5.41) is 10.6. The van der Waals surface area contributed by atoms with Crippen LogP contribution in [0.25, 0.3) is 10.8 Å². The Morgan fingerprint density at radius 3 is 2.65 bits per heavy atom. The molecule has 2 aromatic carbocycles. The van der Waals surface area contributed by atoms with Crippen molar-refractivity contribution in [3.05, 3.63) is 54.4 Å². The van der Waals surface area contributed by atoms with Crippen LogP contribution in [0.2, 0.25) is 0 Å². The standard InChI is InChI=1S/C16H17N3O/c1-12(2)19-10-15(17-18-19)11-20-16-8-7-13-5-3-4-6-14(13)9-16/h3-10,12H,11H2,1-2H3. The summed E-state index contributed by atoms with van der Waals surface area (Å²) >= 11 is 0. The zero-order chi connectivity index (χ0) is 13.9. The minimum atomic E-state index is 0.317. The molecule has 0 bridgehead atoms. The Morgan fingerprint density at radius 2 is 1.90 bits per heavy atom. The van der Waals surface area contributed by atoms with E-state index in [1.807, 2.05) is 35.1 Å². The Labute approximate surface area is 118 Å². The molecule has 4 heteroatoms. The summed E-state index contributed by atoms with van der Waals surface area (Å²) in [4.78, 5) is 0. The first-order valence-electron chi connectivity index (χ1n) is 6.75. The lowest BCUT2D eigenvalue weighted by Gasteiger charge is -2.05. The molecular weight excluding hydrogens is 250 g/mol. The summed E-state index contributed by atoms with van der Waals surface area (Å²) in [6, 6.07) is 14.6. The van der Waals surface area contributed by atoms with Gasteiger partial charge in [-0.15, -0.1) is 5.10 Å². The normalized spacial score (nSPS) is 11.2. The van der Waals surface area contributed by atoms with Gasteiger partial charge in [0.05, 0.1) is 6.20 Å². The highest BCUT2D eigenvalue weighted by Crippen LogP contribution is 2.21. The summed E-state index contributed by atoms with van der Waals surface area (Å²) in [7, 11) is 0. The summed E-state index contributed by atoms with van der Waals surface area (Å²) in [5.41, 5.74) is 0.840. The maximum absolute atomic E-state index is 5.78. The number of benzene rings is 2. The summed E-state index contributed by atoms with van der Waals surface area (Å²) in [5.74, 6) is 0.850. The van der Waals surface area contributed by atoms with E-state index in [1.54, 1.807) is 0 Å². The fraction of sp³-hybridized carbons (Fsp3) is 0.250. The van der Waals surface area contributed by atoms with Crippen molar-refractivity contribution < 1.29 is 4.74 Å². The molecule has 0 spiro atoms. The molecule has 0 fully saturated rings. The van der Waals surface area contributed by atoms with E-state index in [0.29, 0.717) is 12.6 Å². The van der Waals surface area contributed by atoms with Crippen LogP contribution in [0.4, 0.5) is 0 Å². The van der Waals surface area contributed by atoms with Crippen molar-refractivity contribution in [2.75, 3.05) is 0 Å². The van der Waals surface area contributed by atoms with Gasteiger partial charge in [-0.1, -0.05) is 35.5 Å². The second-order valence-electron chi connectivity index (χ2n) is 5.08. The van der Waals surface area contributed by atoms with E-state index in [1.165, 1.54) is 10.8 Å². The fourth-order valence-corrected chi connectivity index (χ4v) is 2.05. The second kappa shape index (κ2) is 5.33. The lowest BCUT2D eigenvalue weighted by atomic mass is 10.1. The van der Waals surface area contributed by atoms with E-state index < -0.39 is 0 Å². The molecular formula is C16H17N3O. The average molecular weight is 267 g/mol. The van der Waals surface area contributed by atoms with Crippen LogP contribution in [0.3, 0.4) is 0 Å². The largest absolute Gasteiger partial charge is 0.487 e. The second-order valence-corrected chi connectivity index (χ2v) is 5.08. The first-order chi connectivity index (χ1) is 9.72. The average Bonchev–Trinajstić information content (AvgIpc) is 2.94. The van der Waals surface area contributed by atoms with E-state index in [4.69, 9.17) is 4.74 Å². The molecule has 102 valence electrons. The predicted molar refractivity (Wildman–Crippen MR) is 78.7 cm³/mol. The van der Waals surface area contributed by atoms with E-state index >= 15 is 0 Å². The van der Waals surface area contributed by atoms with Gasteiger partial charge in [0.2, 0.25) is 0 Å². The number of aromatic nitrogens is 3. The summed E-state index contributed by atoms with van der Waals surface area (Å²) in [6.45, 7) is 4.58. The third kappa shape index (κ3) is 2.64. The summed E-state index contributed by atoms with van der Waals surface area (Å²) < 4.78 is 7.61. The first-order valence-corrected chi connectivity index (χ1v) is 6.75. The Balaban J connectivity index is 1.72. The lowest BCUT2D eigenvalue weighted by molar-refractivity contribution is 0.301. The molecule has 1 aromatic heterocycles. The number of hydrogen-bond acceptors (Lipinski definition) is 3. The maximum atomic E-state index is 5.78. The molecule has 1 heterocycles. The van der Waals surface area contributed by atoms with Crippen LogP contribution in [-0.2, 0) is 6.61 Å². The molecule has 4 nitrogen and oxygen atoms in total. The molecule has 0 unspecified atom stereocenters. The maximum Gasteiger partial charge on any atom is 0.134 e. The topological polar surface area (TPSA) is 39.9 Å².